The predicted molar refractivity (Wildman–Crippen MR) is 118 cm³/mol. The third kappa shape index (κ3) is 3.55. The van der Waals surface area contributed by atoms with Crippen LogP contribution in [0.15, 0.2) is 24.3 Å². The zero-order chi connectivity index (χ0) is 21.6. The van der Waals surface area contributed by atoms with Gasteiger partial charge in [-0.25, -0.2) is 4.79 Å². The summed E-state index contributed by atoms with van der Waals surface area (Å²) >= 11 is 0. The van der Waals surface area contributed by atoms with Crippen molar-refractivity contribution >= 4 is 18.4 Å². The minimum Gasteiger partial charge on any atom is -0.493 e. The van der Waals surface area contributed by atoms with E-state index >= 15 is 0 Å². The lowest BCUT2D eigenvalue weighted by atomic mass is 9.83. The van der Waals surface area contributed by atoms with Gasteiger partial charge in [-0.15, -0.1) is 12.4 Å². The number of halogens is 1. The molecule has 2 heterocycles. The number of nitrogens with zero attached hydrogens (tertiary/aromatic N) is 1. The second kappa shape index (κ2) is 8.85. The highest BCUT2D eigenvalue weighted by Crippen LogP contribution is 2.51. The molecule has 0 unspecified atom stereocenters. The van der Waals surface area contributed by atoms with E-state index in [4.69, 9.17) is 23.7 Å². The van der Waals surface area contributed by atoms with Crippen molar-refractivity contribution in [3.05, 3.63) is 46.5 Å². The van der Waals surface area contributed by atoms with Gasteiger partial charge in [-0.2, -0.15) is 0 Å². The van der Waals surface area contributed by atoms with Crippen LogP contribution in [-0.4, -0.2) is 52.4 Å². The Kier molecular flexibility index (Phi) is 6.57. The minimum atomic E-state index is -0.475. The standard InChI is InChI=1S/C23H27NO6.ClH/c1-12-9-13-10-17(27-4)18(28-5)11-15(13)20(24(12)2)21-14-7-8-16(26-3)22(29-6)19(14)23(25)30-21;/h7-8,10-12,20-21H,9H2,1-6H3;1H/t12-,20+,21-;/m0./s1. The molecule has 2 aromatic carbocycles. The molecule has 2 aliphatic heterocycles. The summed E-state index contributed by atoms with van der Waals surface area (Å²) in [5.74, 6) is 1.86. The van der Waals surface area contributed by atoms with Crippen LogP contribution in [0.4, 0.5) is 0 Å². The first-order valence-corrected chi connectivity index (χ1v) is 9.87. The fourth-order valence-corrected chi connectivity index (χ4v) is 4.58. The first kappa shape index (κ1) is 23.0. The monoisotopic (exact) mass is 449 g/mol. The Morgan fingerprint density at radius 2 is 1.58 bits per heavy atom. The lowest BCUT2D eigenvalue weighted by Crippen LogP contribution is -2.42. The maximum atomic E-state index is 12.9. The lowest BCUT2D eigenvalue weighted by Gasteiger charge is -2.42. The third-order valence-electron chi connectivity index (χ3n) is 6.22. The average molecular weight is 450 g/mol. The van der Waals surface area contributed by atoms with E-state index in [1.165, 1.54) is 7.11 Å². The molecule has 0 bridgehead atoms. The number of carbonyl (C=O) groups is 1. The normalized spacial score (nSPS) is 22.0. The lowest BCUT2D eigenvalue weighted by molar-refractivity contribution is 0.000495. The van der Waals surface area contributed by atoms with Crippen LogP contribution in [0, 0.1) is 0 Å². The van der Waals surface area contributed by atoms with E-state index in [0.717, 1.165) is 23.1 Å². The van der Waals surface area contributed by atoms with E-state index < -0.39 is 12.1 Å². The molecule has 0 saturated heterocycles. The molecule has 0 spiro atoms. The van der Waals surface area contributed by atoms with Crippen LogP contribution in [0.1, 0.15) is 46.1 Å². The highest BCUT2D eigenvalue weighted by molar-refractivity contribution is 5.98. The van der Waals surface area contributed by atoms with Crippen molar-refractivity contribution in [3.63, 3.8) is 0 Å². The first-order valence-electron chi connectivity index (χ1n) is 9.87. The molecule has 31 heavy (non-hydrogen) atoms. The Morgan fingerprint density at radius 1 is 0.935 bits per heavy atom. The molecule has 0 N–H and O–H groups in total. The van der Waals surface area contributed by atoms with Gasteiger partial charge in [0.2, 0.25) is 0 Å². The zero-order valence-electron chi connectivity index (χ0n) is 18.6. The summed E-state index contributed by atoms with van der Waals surface area (Å²) in [5, 5.41) is 0. The molecule has 7 nitrogen and oxygen atoms in total. The third-order valence-corrected chi connectivity index (χ3v) is 6.22. The highest BCUT2D eigenvalue weighted by atomic mass is 35.5. The smallest absolute Gasteiger partial charge is 0.343 e. The van der Waals surface area contributed by atoms with Crippen molar-refractivity contribution in [2.45, 2.75) is 31.5 Å². The van der Waals surface area contributed by atoms with Crippen molar-refractivity contribution in [1.29, 1.82) is 0 Å². The average Bonchev–Trinajstić information content (AvgIpc) is 3.09. The number of methoxy groups -OCH3 is 4. The van der Waals surface area contributed by atoms with Crippen LogP contribution >= 0.6 is 12.4 Å². The molecule has 0 aromatic heterocycles. The molecule has 3 atom stereocenters. The molecule has 0 saturated carbocycles. The predicted octanol–water partition coefficient (Wildman–Crippen LogP) is 3.97. The fourth-order valence-electron chi connectivity index (χ4n) is 4.58. The van der Waals surface area contributed by atoms with Crippen LogP contribution in [0.2, 0.25) is 0 Å². The largest absolute Gasteiger partial charge is 0.493 e. The summed E-state index contributed by atoms with van der Waals surface area (Å²) < 4.78 is 27.8. The zero-order valence-corrected chi connectivity index (χ0v) is 19.4. The number of rotatable bonds is 5. The highest BCUT2D eigenvalue weighted by Gasteiger charge is 2.45. The number of benzene rings is 2. The second-order valence-electron chi connectivity index (χ2n) is 7.66. The molecule has 0 fully saturated rings. The molecule has 0 aliphatic carbocycles. The van der Waals surface area contributed by atoms with Gasteiger partial charge in [0.15, 0.2) is 23.0 Å². The molecular weight excluding hydrogens is 422 g/mol. The summed E-state index contributed by atoms with van der Waals surface area (Å²) in [6.07, 6.45) is 0.388. The maximum Gasteiger partial charge on any atom is 0.343 e. The van der Waals surface area contributed by atoms with E-state index in [2.05, 4.69) is 18.9 Å². The summed E-state index contributed by atoms with van der Waals surface area (Å²) in [7, 11) is 8.39. The molecule has 2 aliphatic rings. The van der Waals surface area contributed by atoms with Gasteiger partial charge in [-0.3, -0.25) is 4.90 Å². The van der Waals surface area contributed by atoms with Crippen LogP contribution in [0.25, 0.3) is 0 Å². The summed E-state index contributed by atoms with van der Waals surface area (Å²) in [6, 6.07) is 7.80. The van der Waals surface area contributed by atoms with Crippen LogP contribution in [0.3, 0.4) is 0 Å². The van der Waals surface area contributed by atoms with Gasteiger partial charge in [0.1, 0.15) is 11.7 Å². The van der Waals surface area contributed by atoms with Crippen molar-refractivity contribution in [2.24, 2.45) is 0 Å². The van der Waals surface area contributed by atoms with E-state index in [1.807, 2.05) is 24.3 Å². The van der Waals surface area contributed by atoms with Gasteiger partial charge < -0.3 is 23.7 Å². The number of likely N-dealkylation sites (N-methyl/N-ethyl adjacent to an activating group) is 1. The Morgan fingerprint density at radius 3 is 2.19 bits per heavy atom. The Labute approximate surface area is 188 Å². The molecule has 168 valence electrons. The number of carbonyl (C=O) groups excluding carboxylic acids is 1. The quantitative estimate of drug-likeness (QED) is 0.640. The molecule has 0 radical (unpaired) electrons. The van der Waals surface area contributed by atoms with E-state index in [1.54, 1.807) is 21.3 Å². The van der Waals surface area contributed by atoms with E-state index in [-0.39, 0.29) is 24.5 Å². The van der Waals surface area contributed by atoms with Gasteiger partial charge in [0.25, 0.3) is 0 Å². The summed E-state index contributed by atoms with van der Waals surface area (Å²) in [4.78, 5) is 15.1. The van der Waals surface area contributed by atoms with Gasteiger partial charge in [0.05, 0.1) is 34.5 Å². The fraction of sp³-hybridized carbons (Fsp3) is 0.435. The van der Waals surface area contributed by atoms with Crippen LogP contribution < -0.4 is 18.9 Å². The van der Waals surface area contributed by atoms with Crippen LogP contribution in [0.5, 0.6) is 23.0 Å². The van der Waals surface area contributed by atoms with Gasteiger partial charge >= 0.3 is 5.97 Å². The Hall–Kier alpha value is -2.64. The minimum absolute atomic E-state index is 0. The van der Waals surface area contributed by atoms with E-state index in [9.17, 15) is 4.79 Å². The number of cyclic esters (lactones) is 1. The second-order valence-corrected chi connectivity index (χ2v) is 7.66. The van der Waals surface area contributed by atoms with Crippen molar-refractivity contribution in [3.8, 4) is 23.0 Å². The van der Waals surface area contributed by atoms with Crippen LogP contribution in [-0.2, 0) is 11.2 Å². The van der Waals surface area contributed by atoms with Gasteiger partial charge in [-0.05, 0) is 49.7 Å². The molecule has 0 amide bonds. The Balaban J connectivity index is 0.00000272. The molecular formula is C23H28ClNO6. The van der Waals surface area contributed by atoms with Crippen molar-refractivity contribution in [1.82, 2.24) is 4.90 Å². The number of esters is 1. The molecule has 8 heteroatoms. The number of fused-ring (bicyclic) bond motifs is 2. The summed E-state index contributed by atoms with van der Waals surface area (Å²) in [6.45, 7) is 2.17. The Bertz CT molecular complexity index is 995. The van der Waals surface area contributed by atoms with Crippen molar-refractivity contribution < 1.29 is 28.5 Å². The first-order chi connectivity index (χ1) is 14.4. The molecule has 4 rings (SSSR count). The topological polar surface area (TPSA) is 66.5 Å². The number of ether oxygens (including phenoxy) is 5. The maximum absolute atomic E-state index is 12.9. The molecule has 2 aromatic rings. The number of hydrogen-bond donors (Lipinski definition) is 0. The SMILES string of the molecule is COc1cc2c(cc1OC)[C@H]([C@H]1OC(=O)c3c1ccc(OC)c3OC)N(C)[C@@H](C)C2.Cl. The summed E-state index contributed by atoms with van der Waals surface area (Å²) in [5.41, 5.74) is 3.45. The van der Waals surface area contributed by atoms with Gasteiger partial charge in [0, 0.05) is 11.6 Å². The van der Waals surface area contributed by atoms with Crippen molar-refractivity contribution in [2.75, 3.05) is 35.5 Å². The van der Waals surface area contributed by atoms with Gasteiger partial charge in [-0.1, -0.05) is 6.07 Å². The van der Waals surface area contributed by atoms with E-state index in [0.29, 0.717) is 28.6 Å². The number of hydrogen-bond acceptors (Lipinski definition) is 7.